The number of nitrogens with zero attached hydrogens (tertiary/aromatic N) is 1. The lowest BCUT2D eigenvalue weighted by molar-refractivity contribution is -0.143. The molecule has 0 heterocycles. The first-order valence-corrected chi connectivity index (χ1v) is 10.4. The van der Waals surface area contributed by atoms with Crippen LogP contribution in [0.2, 0.25) is 0 Å². The van der Waals surface area contributed by atoms with Crippen LogP contribution in [0.3, 0.4) is 0 Å². The average molecular weight is 474 g/mol. The van der Waals surface area contributed by atoms with Gasteiger partial charge in [0.15, 0.2) is 5.96 Å². The zero-order valence-electron chi connectivity index (χ0n) is 19.0. The van der Waals surface area contributed by atoms with Gasteiger partial charge in [-0.2, -0.15) is 0 Å². The van der Waals surface area contributed by atoms with Crippen molar-refractivity contribution < 1.29 is 34.2 Å². The molecule has 188 valence electrons. The predicted molar refractivity (Wildman–Crippen MR) is 119 cm³/mol. The Bertz CT molecular complexity index is 738. The quantitative estimate of drug-likeness (QED) is 0.0701. The molecule has 0 aliphatic carbocycles. The fraction of sp³-hybridized carbons (Fsp3) is 0.684. The van der Waals surface area contributed by atoms with Crippen LogP contribution in [0.25, 0.3) is 0 Å². The number of carboxylic acids is 2. The number of hydrogen-bond acceptors (Lipinski definition) is 7. The summed E-state index contributed by atoms with van der Waals surface area (Å²) in [7, 11) is 0. The molecule has 33 heavy (non-hydrogen) atoms. The Morgan fingerprint density at radius 1 is 0.879 bits per heavy atom. The highest BCUT2D eigenvalue weighted by atomic mass is 16.4. The van der Waals surface area contributed by atoms with Gasteiger partial charge in [-0.15, -0.1) is 0 Å². The van der Waals surface area contributed by atoms with Gasteiger partial charge in [-0.25, -0.2) is 4.79 Å². The molecule has 14 heteroatoms. The number of carbonyl (C=O) groups excluding carboxylic acids is 3. The summed E-state index contributed by atoms with van der Waals surface area (Å²) in [5, 5.41) is 25.3. The third kappa shape index (κ3) is 12.3. The maximum absolute atomic E-state index is 12.7. The summed E-state index contributed by atoms with van der Waals surface area (Å²) < 4.78 is 0. The fourth-order valence-electron chi connectivity index (χ4n) is 2.63. The van der Waals surface area contributed by atoms with E-state index in [4.69, 9.17) is 22.3 Å². The minimum atomic E-state index is -1.25. The third-order valence-electron chi connectivity index (χ3n) is 4.56. The molecule has 0 aromatic rings. The number of guanidine groups is 1. The molecule has 0 aromatic heterocycles. The van der Waals surface area contributed by atoms with Crippen LogP contribution in [0.15, 0.2) is 4.99 Å². The van der Waals surface area contributed by atoms with Gasteiger partial charge in [-0.1, -0.05) is 13.8 Å². The van der Waals surface area contributed by atoms with Crippen LogP contribution in [0, 0.1) is 5.92 Å². The van der Waals surface area contributed by atoms with Gasteiger partial charge in [0.25, 0.3) is 0 Å². The summed E-state index contributed by atoms with van der Waals surface area (Å²) in [6.07, 6.45) is -0.0376. The Morgan fingerprint density at radius 2 is 1.48 bits per heavy atom. The number of amides is 3. The number of aliphatic carboxylic acids is 2. The van der Waals surface area contributed by atoms with E-state index in [9.17, 15) is 29.1 Å². The number of aliphatic imine (C=N–C) groups is 1. The summed E-state index contributed by atoms with van der Waals surface area (Å²) in [5.74, 6) is -4.99. The lowest BCUT2D eigenvalue weighted by Gasteiger charge is -2.26. The van der Waals surface area contributed by atoms with Crippen LogP contribution >= 0.6 is 0 Å². The molecule has 0 spiro atoms. The normalized spacial score (nSPS) is 14.3. The maximum atomic E-state index is 12.7. The van der Waals surface area contributed by atoms with Crippen molar-refractivity contribution in [1.82, 2.24) is 16.0 Å². The molecule has 0 bridgehead atoms. The molecule has 0 aliphatic heterocycles. The first-order valence-electron chi connectivity index (χ1n) is 10.4. The molecule has 0 rings (SSSR count). The van der Waals surface area contributed by atoms with Gasteiger partial charge in [0, 0.05) is 13.0 Å². The Labute approximate surface area is 191 Å². The van der Waals surface area contributed by atoms with Gasteiger partial charge in [-0.05, 0) is 32.1 Å². The van der Waals surface area contributed by atoms with Gasteiger partial charge in [0.1, 0.15) is 18.1 Å². The molecule has 0 fully saturated rings. The molecule has 0 aliphatic rings. The second-order valence-corrected chi connectivity index (χ2v) is 7.85. The number of rotatable bonds is 15. The van der Waals surface area contributed by atoms with Gasteiger partial charge >= 0.3 is 11.9 Å². The minimum absolute atomic E-state index is 0.0668. The Balaban J connectivity index is 4.97. The molecule has 14 nitrogen and oxygen atoms in total. The predicted octanol–water partition coefficient (Wildman–Crippen LogP) is -2.55. The Kier molecular flexibility index (Phi) is 13.1. The highest BCUT2D eigenvalue weighted by molar-refractivity contribution is 5.94. The largest absolute Gasteiger partial charge is 0.481 e. The second-order valence-electron chi connectivity index (χ2n) is 7.85. The van der Waals surface area contributed by atoms with E-state index in [-0.39, 0.29) is 31.8 Å². The van der Waals surface area contributed by atoms with Crippen molar-refractivity contribution in [2.75, 3.05) is 6.54 Å². The molecule has 0 saturated carbocycles. The van der Waals surface area contributed by atoms with Crippen molar-refractivity contribution in [2.45, 2.75) is 70.6 Å². The fourth-order valence-corrected chi connectivity index (χ4v) is 2.63. The van der Waals surface area contributed by atoms with Crippen molar-refractivity contribution in [3.63, 3.8) is 0 Å². The zero-order chi connectivity index (χ0) is 25.7. The van der Waals surface area contributed by atoms with Gasteiger partial charge in [-0.3, -0.25) is 24.2 Å². The number of carbonyl (C=O) groups is 5. The molecule has 0 saturated heterocycles. The molecular formula is C19H35N7O7. The standard InChI is InChI=1S/C19H35N7O7/c1-9(2)14(17(31)25-12(18(32)33)5-4-8-23-19(21)22)26-15(29)10(3)24-16(30)11(20)6-7-13(27)28/h9-12,14H,4-8,20H2,1-3H3,(H,24,30)(H,25,31)(H,26,29)(H,27,28)(H,32,33)(H4,21,22,23). The zero-order valence-corrected chi connectivity index (χ0v) is 19.0. The van der Waals surface area contributed by atoms with E-state index in [0.29, 0.717) is 6.42 Å². The SMILES string of the molecule is CC(NC(=O)C(N)CCC(=O)O)C(=O)NC(C(=O)NC(CCCN=C(N)N)C(=O)O)C(C)C. The molecular weight excluding hydrogens is 438 g/mol. The Morgan fingerprint density at radius 3 is 1.97 bits per heavy atom. The van der Waals surface area contributed by atoms with E-state index in [1.54, 1.807) is 13.8 Å². The number of nitrogens with one attached hydrogen (secondary N) is 3. The van der Waals surface area contributed by atoms with Crippen LogP contribution in [0.1, 0.15) is 46.5 Å². The van der Waals surface area contributed by atoms with E-state index in [2.05, 4.69) is 20.9 Å². The van der Waals surface area contributed by atoms with Crippen molar-refractivity contribution in [1.29, 1.82) is 0 Å². The minimum Gasteiger partial charge on any atom is -0.481 e. The van der Waals surface area contributed by atoms with E-state index in [0.717, 1.165) is 0 Å². The van der Waals surface area contributed by atoms with Crippen LogP contribution in [-0.4, -0.2) is 76.5 Å². The van der Waals surface area contributed by atoms with Crippen LogP contribution in [0.5, 0.6) is 0 Å². The highest BCUT2D eigenvalue weighted by Gasteiger charge is 2.30. The number of nitrogens with two attached hydrogens (primary N) is 3. The highest BCUT2D eigenvalue weighted by Crippen LogP contribution is 2.06. The molecule has 4 atom stereocenters. The van der Waals surface area contributed by atoms with E-state index < -0.39 is 59.7 Å². The molecule has 3 amide bonds. The van der Waals surface area contributed by atoms with Crippen molar-refractivity contribution in [2.24, 2.45) is 28.1 Å². The maximum Gasteiger partial charge on any atom is 0.326 e. The van der Waals surface area contributed by atoms with E-state index >= 15 is 0 Å². The summed E-state index contributed by atoms with van der Waals surface area (Å²) >= 11 is 0. The summed E-state index contributed by atoms with van der Waals surface area (Å²) in [5.41, 5.74) is 16.0. The molecule has 0 aromatic carbocycles. The average Bonchev–Trinajstić information content (AvgIpc) is 2.70. The van der Waals surface area contributed by atoms with Gasteiger partial charge in [0.2, 0.25) is 17.7 Å². The second kappa shape index (κ2) is 14.6. The van der Waals surface area contributed by atoms with Crippen LogP contribution < -0.4 is 33.2 Å². The molecule has 11 N–H and O–H groups in total. The van der Waals surface area contributed by atoms with E-state index in [1.165, 1.54) is 6.92 Å². The molecule has 4 unspecified atom stereocenters. The van der Waals surface area contributed by atoms with Crippen molar-refractivity contribution >= 4 is 35.6 Å². The van der Waals surface area contributed by atoms with E-state index in [1.807, 2.05) is 0 Å². The van der Waals surface area contributed by atoms with Crippen LogP contribution in [0.4, 0.5) is 0 Å². The number of carboxylic acid groups (broad SMARTS) is 2. The Hall–Kier alpha value is -3.42. The first-order chi connectivity index (χ1) is 15.3. The smallest absolute Gasteiger partial charge is 0.326 e. The lowest BCUT2D eigenvalue weighted by atomic mass is 10.0. The summed E-state index contributed by atoms with van der Waals surface area (Å²) in [6, 6.07) is -4.47. The van der Waals surface area contributed by atoms with Gasteiger partial charge < -0.3 is 43.4 Å². The molecule has 0 radical (unpaired) electrons. The monoisotopic (exact) mass is 473 g/mol. The van der Waals surface area contributed by atoms with Crippen LogP contribution in [-0.2, 0) is 24.0 Å². The lowest BCUT2D eigenvalue weighted by Crippen LogP contribution is -2.57. The third-order valence-corrected chi connectivity index (χ3v) is 4.56. The first kappa shape index (κ1) is 29.6. The van der Waals surface area contributed by atoms with Crippen molar-refractivity contribution in [3.8, 4) is 0 Å². The number of hydrogen-bond donors (Lipinski definition) is 8. The van der Waals surface area contributed by atoms with Gasteiger partial charge in [0.05, 0.1) is 6.04 Å². The summed E-state index contributed by atoms with van der Waals surface area (Å²) in [4.78, 5) is 63.0. The van der Waals surface area contributed by atoms with Crippen molar-refractivity contribution in [3.05, 3.63) is 0 Å². The topological polar surface area (TPSA) is 252 Å². The summed E-state index contributed by atoms with van der Waals surface area (Å²) in [6.45, 7) is 4.88.